The topological polar surface area (TPSA) is 57.8 Å². The number of H-pyrrole nitrogens is 1. The van der Waals surface area contributed by atoms with E-state index in [1.807, 2.05) is 45.0 Å². The Labute approximate surface area is 123 Å². The molecule has 20 heavy (non-hydrogen) atoms. The number of nitrogens with zero attached hydrogens (tertiary/aromatic N) is 1. The van der Waals surface area contributed by atoms with E-state index in [1.165, 1.54) is 0 Å². The molecule has 106 valence electrons. The van der Waals surface area contributed by atoms with Gasteiger partial charge in [-0.25, -0.2) is 0 Å². The van der Waals surface area contributed by atoms with Crippen LogP contribution in [-0.2, 0) is 0 Å². The number of carbonyl (C=O) groups excluding carboxylic acids is 1. The molecule has 1 unspecified atom stereocenters. The normalized spacial score (nSPS) is 12.2. The molecule has 1 atom stereocenters. The van der Waals surface area contributed by atoms with Crippen LogP contribution in [0.3, 0.4) is 0 Å². The molecule has 1 aromatic heterocycles. The predicted molar refractivity (Wildman–Crippen MR) is 80.0 cm³/mol. The molecule has 1 heterocycles. The van der Waals surface area contributed by atoms with Crippen LogP contribution < -0.4 is 5.32 Å². The highest BCUT2D eigenvalue weighted by Gasteiger charge is 2.19. The number of aromatic amines is 1. The van der Waals surface area contributed by atoms with Gasteiger partial charge in [-0.15, -0.1) is 0 Å². The van der Waals surface area contributed by atoms with Gasteiger partial charge in [-0.3, -0.25) is 9.89 Å². The van der Waals surface area contributed by atoms with Crippen LogP contribution in [-0.4, -0.2) is 16.1 Å². The van der Waals surface area contributed by atoms with Crippen LogP contribution in [0, 0.1) is 13.8 Å². The highest BCUT2D eigenvalue weighted by molar-refractivity contribution is 6.30. The monoisotopic (exact) mass is 291 g/mol. The number of benzene rings is 1. The predicted octanol–water partition coefficient (Wildman–Crippen LogP) is 3.56. The van der Waals surface area contributed by atoms with E-state index in [-0.39, 0.29) is 11.9 Å². The highest BCUT2D eigenvalue weighted by Crippen LogP contribution is 2.20. The third-order valence-electron chi connectivity index (χ3n) is 3.34. The van der Waals surface area contributed by atoms with Crippen molar-refractivity contribution in [3.63, 3.8) is 0 Å². The maximum Gasteiger partial charge on any atom is 0.255 e. The van der Waals surface area contributed by atoms with Gasteiger partial charge in [-0.1, -0.05) is 30.7 Å². The van der Waals surface area contributed by atoms with Gasteiger partial charge < -0.3 is 5.32 Å². The summed E-state index contributed by atoms with van der Waals surface area (Å²) in [6.07, 6.45) is 0.809. The van der Waals surface area contributed by atoms with E-state index in [0.717, 1.165) is 17.7 Å². The molecular formula is C15H18ClN3O. The Balaban J connectivity index is 2.18. The quantitative estimate of drug-likeness (QED) is 0.905. The molecule has 4 nitrogen and oxygen atoms in total. The van der Waals surface area contributed by atoms with Gasteiger partial charge in [0.05, 0.1) is 17.3 Å². The van der Waals surface area contributed by atoms with Crippen molar-refractivity contribution in [1.29, 1.82) is 0 Å². The van der Waals surface area contributed by atoms with Gasteiger partial charge in [-0.2, -0.15) is 5.10 Å². The summed E-state index contributed by atoms with van der Waals surface area (Å²) in [7, 11) is 0. The zero-order valence-corrected chi connectivity index (χ0v) is 12.6. The van der Waals surface area contributed by atoms with Crippen molar-refractivity contribution >= 4 is 17.5 Å². The molecule has 0 aliphatic carbocycles. The van der Waals surface area contributed by atoms with Crippen LogP contribution >= 0.6 is 11.6 Å². The SMILES string of the molecule is CCC(NC(=O)c1c(C)n[nH]c1C)c1ccc(Cl)cc1. The lowest BCUT2D eigenvalue weighted by atomic mass is 10.0. The van der Waals surface area contributed by atoms with Crippen molar-refractivity contribution in [3.8, 4) is 0 Å². The minimum absolute atomic E-state index is 0.0338. The Hall–Kier alpha value is -1.81. The molecule has 5 heteroatoms. The fourth-order valence-electron chi connectivity index (χ4n) is 2.23. The Morgan fingerprint density at radius 2 is 2.00 bits per heavy atom. The molecule has 1 amide bonds. The number of rotatable bonds is 4. The fourth-order valence-corrected chi connectivity index (χ4v) is 2.36. The van der Waals surface area contributed by atoms with Crippen LogP contribution in [0.2, 0.25) is 5.02 Å². The summed E-state index contributed by atoms with van der Waals surface area (Å²) in [5.74, 6) is -0.101. The van der Waals surface area contributed by atoms with Crippen LogP contribution in [0.1, 0.15) is 46.7 Å². The standard InChI is InChI=1S/C15H18ClN3O/c1-4-13(11-5-7-12(16)8-6-11)17-15(20)14-9(2)18-19-10(14)3/h5-8,13H,4H2,1-3H3,(H,17,20)(H,18,19). The Kier molecular flexibility index (Phi) is 4.45. The van der Waals surface area contributed by atoms with E-state index in [2.05, 4.69) is 15.5 Å². The first-order valence-corrected chi connectivity index (χ1v) is 6.98. The summed E-state index contributed by atoms with van der Waals surface area (Å²) in [6.45, 7) is 5.70. The number of halogens is 1. The second-order valence-corrected chi connectivity index (χ2v) is 5.23. The zero-order valence-electron chi connectivity index (χ0n) is 11.8. The Morgan fingerprint density at radius 1 is 1.35 bits per heavy atom. The number of hydrogen-bond acceptors (Lipinski definition) is 2. The molecule has 0 aliphatic rings. The lowest BCUT2D eigenvalue weighted by Crippen LogP contribution is -2.28. The molecular weight excluding hydrogens is 274 g/mol. The average Bonchev–Trinajstić information content (AvgIpc) is 2.76. The van der Waals surface area contributed by atoms with Crippen molar-refractivity contribution in [1.82, 2.24) is 15.5 Å². The van der Waals surface area contributed by atoms with Crippen molar-refractivity contribution in [2.75, 3.05) is 0 Å². The van der Waals surface area contributed by atoms with E-state index < -0.39 is 0 Å². The third kappa shape index (κ3) is 3.02. The number of aryl methyl sites for hydroxylation is 2. The van der Waals surface area contributed by atoms with Crippen molar-refractivity contribution < 1.29 is 4.79 Å². The first kappa shape index (κ1) is 14.6. The minimum atomic E-state index is -0.101. The van der Waals surface area contributed by atoms with Crippen molar-refractivity contribution in [2.24, 2.45) is 0 Å². The lowest BCUT2D eigenvalue weighted by molar-refractivity contribution is 0.0934. The average molecular weight is 292 g/mol. The smallest absolute Gasteiger partial charge is 0.255 e. The van der Waals surface area contributed by atoms with Crippen LogP contribution in [0.15, 0.2) is 24.3 Å². The summed E-state index contributed by atoms with van der Waals surface area (Å²) in [6, 6.07) is 7.51. The number of carbonyl (C=O) groups is 1. The van der Waals surface area contributed by atoms with Crippen LogP contribution in [0.25, 0.3) is 0 Å². The molecule has 0 saturated carbocycles. The Morgan fingerprint density at radius 3 is 2.50 bits per heavy atom. The number of hydrogen-bond donors (Lipinski definition) is 2. The summed E-state index contributed by atoms with van der Waals surface area (Å²) >= 11 is 5.89. The van der Waals surface area contributed by atoms with Crippen molar-refractivity contribution in [2.45, 2.75) is 33.2 Å². The molecule has 0 aliphatic heterocycles. The third-order valence-corrected chi connectivity index (χ3v) is 3.59. The molecule has 1 aromatic carbocycles. The van der Waals surface area contributed by atoms with Gasteiger partial charge in [0.15, 0.2) is 0 Å². The molecule has 2 rings (SSSR count). The van der Waals surface area contributed by atoms with E-state index in [4.69, 9.17) is 11.6 Å². The fraction of sp³-hybridized carbons (Fsp3) is 0.333. The molecule has 0 spiro atoms. The number of amides is 1. The van der Waals surface area contributed by atoms with Crippen molar-refractivity contribution in [3.05, 3.63) is 51.8 Å². The van der Waals surface area contributed by atoms with Crippen LogP contribution in [0.4, 0.5) is 0 Å². The highest BCUT2D eigenvalue weighted by atomic mass is 35.5. The van der Waals surface area contributed by atoms with Gasteiger partial charge in [0.2, 0.25) is 0 Å². The molecule has 2 N–H and O–H groups in total. The van der Waals surface area contributed by atoms with E-state index in [1.54, 1.807) is 0 Å². The largest absolute Gasteiger partial charge is 0.345 e. The summed E-state index contributed by atoms with van der Waals surface area (Å²) < 4.78 is 0. The van der Waals surface area contributed by atoms with E-state index >= 15 is 0 Å². The first-order chi connectivity index (χ1) is 9.52. The van der Waals surface area contributed by atoms with Crippen LogP contribution in [0.5, 0.6) is 0 Å². The summed E-state index contributed by atoms with van der Waals surface area (Å²) in [5.41, 5.74) is 3.17. The lowest BCUT2D eigenvalue weighted by Gasteiger charge is -2.17. The molecule has 0 saturated heterocycles. The van der Waals surface area contributed by atoms with Gasteiger partial charge in [0, 0.05) is 10.7 Å². The molecule has 2 aromatic rings. The minimum Gasteiger partial charge on any atom is -0.345 e. The second kappa shape index (κ2) is 6.09. The molecule has 0 radical (unpaired) electrons. The molecule has 0 bridgehead atoms. The first-order valence-electron chi connectivity index (χ1n) is 6.60. The summed E-state index contributed by atoms with van der Waals surface area (Å²) in [5, 5.41) is 10.6. The van der Waals surface area contributed by atoms with Gasteiger partial charge >= 0.3 is 0 Å². The number of nitrogens with one attached hydrogen (secondary N) is 2. The summed E-state index contributed by atoms with van der Waals surface area (Å²) in [4.78, 5) is 12.4. The maximum atomic E-state index is 12.4. The van der Waals surface area contributed by atoms with Gasteiger partial charge in [-0.05, 0) is 38.0 Å². The second-order valence-electron chi connectivity index (χ2n) is 4.79. The Bertz CT molecular complexity index is 585. The number of aromatic nitrogens is 2. The van der Waals surface area contributed by atoms with E-state index in [9.17, 15) is 4.79 Å². The van der Waals surface area contributed by atoms with Gasteiger partial charge in [0.1, 0.15) is 0 Å². The molecule has 0 fully saturated rings. The zero-order chi connectivity index (χ0) is 14.7. The maximum absolute atomic E-state index is 12.4. The van der Waals surface area contributed by atoms with Gasteiger partial charge in [0.25, 0.3) is 5.91 Å². The van der Waals surface area contributed by atoms with E-state index in [0.29, 0.717) is 16.3 Å².